The van der Waals surface area contributed by atoms with Crippen molar-refractivity contribution < 1.29 is 4.52 Å². The fourth-order valence-electron chi connectivity index (χ4n) is 3.54. The minimum Gasteiger partial charge on any atom is -0.338 e. The van der Waals surface area contributed by atoms with Crippen molar-refractivity contribution in [2.75, 3.05) is 6.54 Å². The van der Waals surface area contributed by atoms with Crippen molar-refractivity contribution in [1.82, 2.24) is 15.0 Å². The van der Waals surface area contributed by atoms with Gasteiger partial charge in [0, 0.05) is 17.8 Å². The average Bonchev–Trinajstić information content (AvgIpc) is 3.24. The number of fused-ring (bicyclic) bond motifs is 1. The second-order valence-electron chi connectivity index (χ2n) is 7.04. The van der Waals surface area contributed by atoms with E-state index < -0.39 is 0 Å². The van der Waals surface area contributed by atoms with Crippen LogP contribution in [0.5, 0.6) is 0 Å². The zero-order chi connectivity index (χ0) is 17.2. The average molecular weight is 353 g/mol. The fourth-order valence-corrected chi connectivity index (χ4v) is 4.44. The predicted octanol–water partition coefficient (Wildman–Crippen LogP) is 4.48. The zero-order valence-corrected chi connectivity index (χ0v) is 15.5. The molecule has 0 saturated heterocycles. The summed E-state index contributed by atoms with van der Waals surface area (Å²) < 4.78 is 5.52. The molecule has 0 spiro atoms. The van der Waals surface area contributed by atoms with E-state index >= 15 is 0 Å². The molecule has 0 fully saturated rings. The Balaban J connectivity index is 1.61. The number of hydrogen-bond donors (Lipinski definition) is 0. The molecule has 3 aromatic rings. The van der Waals surface area contributed by atoms with E-state index in [4.69, 9.17) is 4.52 Å². The minimum absolute atomic E-state index is 0.261. The summed E-state index contributed by atoms with van der Waals surface area (Å²) in [6, 6.07) is 13.2. The van der Waals surface area contributed by atoms with E-state index in [1.165, 1.54) is 16.0 Å². The second-order valence-corrected chi connectivity index (χ2v) is 8.04. The van der Waals surface area contributed by atoms with Gasteiger partial charge in [-0.3, -0.25) is 4.90 Å². The van der Waals surface area contributed by atoms with Crippen LogP contribution < -0.4 is 0 Å². The van der Waals surface area contributed by atoms with Gasteiger partial charge in [-0.05, 0) is 34.9 Å². The molecule has 1 unspecified atom stereocenters. The SMILES string of the molecule is CC(C)Cc1noc(CN2CCc3sccc3C2c2ccccc2)n1. The van der Waals surface area contributed by atoms with Crippen LogP contribution >= 0.6 is 11.3 Å². The number of rotatable bonds is 5. The van der Waals surface area contributed by atoms with E-state index in [0.717, 1.165) is 31.1 Å². The molecule has 25 heavy (non-hydrogen) atoms. The van der Waals surface area contributed by atoms with Crippen molar-refractivity contribution in [1.29, 1.82) is 0 Å². The quantitative estimate of drug-likeness (QED) is 0.678. The van der Waals surface area contributed by atoms with Gasteiger partial charge in [-0.2, -0.15) is 4.98 Å². The van der Waals surface area contributed by atoms with Gasteiger partial charge >= 0.3 is 0 Å². The largest absolute Gasteiger partial charge is 0.338 e. The lowest BCUT2D eigenvalue weighted by Gasteiger charge is -2.35. The van der Waals surface area contributed by atoms with Gasteiger partial charge in [0.2, 0.25) is 5.89 Å². The molecule has 0 aliphatic carbocycles. The van der Waals surface area contributed by atoms with Crippen LogP contribution in [0.1, 0.15) is 47.6 Å². The highest BCUT2D eigenvalue weighted by Crippen LogP contribution is 2.38. The summed E-state index contributed by atoms with van der Waals surface area (Å²) >= 11 is 1.86. The number of benzene rings is 1. The smallest absolute Gasteiger partial charge is 0.240 e. The molecule has 1 aliphatic heterocycles. The van der Waals surface area contributed by atoms with Crippen molar-refractivity contribution in [3.8, 4) is 0 Å². The first-order valence-electron chi connectivity index (χ1n) is 8.87. The summed E-state index contributed by atoms with van der Waals surface area (Å²) in [6.07, 6.45) is 1.95. The Kier molecular flexibility index (Phi) is 4.68. The van der Waals surface area contributed by atoms with Crippen molar-refractivity contribution >= 4 is 11.3 Å². The first-order chi connectivity index (χ1) is 12.2. The van der Waals surface area contributed by atoms with Gasteiger partial charge in [0.05, 0.1) is 12.6 Å². The Bertz CT molecular complexity index is 824. The normalized spacial score (nSPS) is 17.8. The Morgan fingerprint density at radius 3 is 2.88 bits per heavy atom. The molecule has 1 atom stereocenters. The Labute approximate surface area is 152 Å². The molecule has 3 heterocycles. The number of hydrogen-bond acceptors (Lipinski definition) is 5. The fraction of sp³-hybridized carbons (Fsp3) is 0.400. The van der Waals surface area contributed by atoms with Gasteiger partial charge in [-0.15, -0.1) is 11.3 Å². The van der Waals surface area contributed by atoms with Crippen LogP contribution in [0.25, 0.3) is 0 Å². The van der Waals surface area contributed by atoms with E-state index in [1.807, 2.05) is 11.3 Å². The molecular formula is C20H23N3OS. The first-order valence-corrected chi connectivity index (χ1v) is 9.75. The van der Waals surface area contributed by atoms with Crippen LogP contribution in [0.15, 0.2) is 46.3 Å². The summed E-state index contributed by atoms with van der Waals surface area (Å²) in [7, 11) is 0. The third kappa shape index (κ3) is 3.53. The molecule has 130 valence electrons. The van der Waals surface area contributed by atoms with Gasteiger partial charge in [0.25, 0.3) is 0 Å². The lowest BCUT2D eigenvalue weighted by atomic mass is 9.93. The highest BCUT2D eigenvalue weighted by Gasteiger charge is 2.30. The van der Waals surface area contributed by atoms with Gasteiger partial charge < -0.3 is 4.52 Å². The summed E-state index contributed by atoms with van der Waals surface area (Å²) in [6.45, 7) is 6.04. The molecule has 5 heteroatoms. The Hall–Kier alpha value is -1.98. The van der Waals surface area contributed by atoms with Crippen LogP contribution in [0.4, 0.5) is 0 Å². The minimum atomic E-state index is 0.261. The molecule has 0 saturated carbocycles. The van der Waals surface area contributed by atoms with E-state index in [1.54, 1.807) is 0 Å². The van der Waals surface area contributed by atoms with E-state index in [2.05, 4.69) is 70.7 Å². The number of nitrogens with zero attached hydrogens (tertiary/aromatic N) is 3. The monoisotopic (exact) mass is 353 g/mol. The van der Waals surface area contributed by atoms with Gasteiger partial charge in [-0.1, -0.05) is 49.3 Å². The molecule has 2 aromatic heterocycles. The van der Waals surface area contributed by atoms with Crippen LogP contribution in [0.2, 0.25) is 0 Å². The second kappa shape index (κ2) is 7.10. The summed E-state index contributed by atoms with van der Waals surface area (Å²) in [5, 5.41) is 6.35. The lowest BCUT2D eigenvalue weighted by Crippen LogP contribution is -2.35. The topological polar surface area (TPSA) is 42.2 Å². The van der Waals surface area contributed by atoms with E-state index in [9.17, 15) is 0 Å². The highest BCUT2D eigenvalue weighted by molar-refractivity contribution is 7.10. The Morgan fingerprint density at radius 1 is 1.24 bits per heavy atom. The maximum atomic E-state index is 5.52. The van der Waals surface area contributed by atoms with Gasteiger partial charge in [-0.25, -0.2) is 0 Å². The summed E-state index contributed by atoms with van der Waals surface area (Å²) in [5.74, 6) is 2.07. The molecule has 0 amide bonds. The lowest BCUT2D eigenvalue weighted by molar-refractivity contribution is 0.179. The molecule has 0 N–H and O–H groups in total. The van der Waals surface area contributed by atoms with Crippen LogP contribution in [-0.4, -0.2) is 21.6 Å². The van der Waals surface area contributed by atoms with Crippen molar-refractivity contribution in [3.63, 3.8) is 0 Å². The van der Waals surface area contributed by atoms with Crippen molar-refractivity contribution in [2.45, 2.75) is 39.3 Å². The standard InChI is InChI=1S/C20H23N3OS/c1-14(2)12-18-21-19(24-22-18)13-23-10-8-17-16(9-11-25-17)20(23)15-6-4-3-5-7-15/h3-7,9,11,14,20H,8,10,12-13H2,1-2H3. The number of thiophene rings is 1. The molecule has 1 aliphatic rings. The maximum Gasteiger partial charge on any atom is 0.240 e. The molecule has 0 bridgehead atoms. The third-order valence-electron chi connectivity index (χ3n) is 4.62. The third-order valence-corrected chi connectivity index (χ3v) is 5.62. The van der Waals surface area contributed by atoms with E-state index in [-0.39, 0.29) is 6.04 Å². The number of aromatic nitrogens is 2. The van der Waals surface area contributed by atoms with Crippen LogP contribution in [-0.2, 0) is 19.4 Å². The molecule has 0 radical (unpaired) electrons. The first kappa shape index (κ1) is 16.5. The maximum absolute atomic E-state index is 5.52. The summed E-state index contributed by atoms with van der Waals surface area (Å²) in [5.41, 5.74) is 2.74. The molecular weight excluding hydrogens is 330 g/mol. The zero-order valence-electron chi connectivity index (χ0n) is 14.7. The van der Waals surface area contributed by atoms with Gasteiger partial charge in [0.15, 0.2) is 5.82 Å². The van der Waals surface area contributed by atoms with Crippen LogP contribution in [0, 0.1) is 5.92 Å². The van der Waals surface area contributed by atoms with Crippen molar-refractivity contribution in [2.24, 2.45) is 5.92 Å². The Morgan fingerprint density at radius 2 is 2.08 bits per heavy atom. The molecule has 1 aromatic carbocycles. The highest BCUT2D eigenvalue weighted by atomic mass is 32.1. The molecule has 4 nitrogen and oxygen atoms in total. The summed E-state index contributed by atoms with van der Waals surface area (Å²) in [4.78, 5) is 8.55. The predicted molar refractivity (Wildman–Crippen MR) is 99.6 cm³/mol. The van der Waals surface area contributed by atoms with Crippen molar-refractivity contribution in [3.05, 3.63) is 69.5 Å². The van der Waals surface area contributed by atoms with Gasteiger partial charge in [0.1, 0.15) is 0 Å². The van der Waals surface area contributed by atoms with E-state index in [0.29, 0.717) is 12.5 Å². The van der Waals surface area contributed by atoms with Crippen LogP contribution in [0.3, 0.4) is 0 Å². The molecule has 4 rings (SSSR count).